The molecule has 2 atom stereocenters. The van der Waals surface area contributed by atoms with E-state index in [1.54, 1.807) is 6.20 Å². The van der Waals surface area contributed by atoms with Gasteiger partial charge in [0.25, 0.3) is 0 Å². The third-order valence-corrected chi connectivity index (χ3v) is 3.29. The molecular weight excluding hydrogens is 240 g/mol. The first kappa shape index (κ1) is 14.3. The molecule has 1 aliphatic rings. The van der Waals surface area contributed by atoms with E-state index in [0.29, 0.717) is 12.7 Å². The highest BCUT2D eigenvalue weighted by molar-refractivity contribution is 5.19. The van der Waals surface area contributed by atoms with Gasteiger partial charge < -0.3 is 14.8 Å². The van der Waals surface area contributed by atoms with Crippen LogP contribution in [0, 0.1) is 0 Å². The SMILES string of the molecule is CCCNCc1ccc(OCC2CCC(C)O2)cn1. The molecule has 19 heavy (non-hydrogen) atoms. The molecule has 1 aromatic rings. The lowest BCUT2D eigenvalue weighted by molar-refractivity contribution is 0.0264. The molecule has 0 aromatic carbocycles. The molecule has 2 heterocycles. The molecule has 0 saturated carbocycles. The molecule has 1 aromatic heterocycles. The van der Waals surface area contributed by atoms with Crippen molar-refractivity contribution in [1.29, 1.82) is 0 Å². The predicted molar refractivity (Wildman–Crippen MR) is 75.3 cm³/mol. The van der Waals surface area contributed by atoms with Crippen LogP contribution in [0.2, 0.25) is 0 Å². The van der Waals surface area contributed by atoms with Crippen molar-refractivity contribution in [3.63, 3.8) is 0 Å². The Morgan fingerprint density at radius 2 is 2.32 bits per heavy atom. The minimum atomic E-state index is 0.237. The maximum Gasteiger partial charge on any atom is 0.137 e. The quantitative estimate of drug-likeness (QED) is 0.769. The summed E-state index contributed by atoms with van der Waals surface area (Å²) in [5, 5.41) is 3.33. The second kappa shape index (κ2) is 7.46. The number of ether oxygens (including phenoxy) is 2. The lowest BCUT2D eigenvalue weighted by atomic mass is 10.2. The Kier molecular flexibility index (Phi) is 5.61. The largest absolute Gasteiger partial charge is 0.489 e. The van der Waals surface area contributed by atoms with E-state index in [1.807, 2.05) is 12.1 Å². The van der Waals surface area contributed by atoms with Gasteiger partial charge in [0.2, 0.25) is 0 Å². The first-order chi connectivity index (χ1) is 9.28. The molecule has 2 rings (SSSR count). The van der Waals surface area contributed by atoms with Crippen LogP contribution in [-0.4, -0.2) is 30.3 Å². The van der Waals surface area contributed by atoms with E-state index in [4.69, 9.17) is 9.47 Å². The maximum atomic E-state index is 5.72. The number of hydrogen-bond donors (Lipinski definition) is 1. The van der Waals surface area contributed by atoms with E-state index in [-0.39, 0.29) is 6.10 Å². The summed E-state index contributed by atoms with van der Waals surface area (Å²) in [6.45, 7) is 6.73. The summed E-state index contributed by atoms with van der Waals surface area (Å²) in [4.78, 5) is 4.38. The highest BCUT2D eigenvalue weighted by Crippen LogP contribution is 2.20. The van der Waals surface area contributed by atoms with E-state index in [0.717, 1.165) is 43.8 Å². The Balaban J connectivity index is 1.72. The molecule has 2 unspecified atom stereocenters. The second-order valence-corrected chi connectivity index (χ2v) is 5.12. The van der Waals surface area contributed by atoms with Crippen LogP contribution < -0.4 is 10.1 Å². The number of aromatic nitrogens is 1. The Morgan fingerprint density at radius 3 is 2.95 bits per heavy atom. The molecule has 4 heteroatoms. The third kappa shape index (κ3) is 4.80. The lowest BCUT2D eigenvalue weighted by Crippen LogP contribution is -2.18. The first-order valence-electron chi connectivity index (χ1n) is 7.22. The fraction of sp³-hybridized carbons (Fsp3) is 0.667. The summed E-state index contributed by atoms with van der Waals surface area (Å²) in [5.41, 5.74) is 1.05. The number of rotatable bonds is 7. The van der Waals surface area contributed by atoms with Crippen LogP contribution in [0.3, 0.4) is 0 Å². The Morgan fingerprint density at radius 1 is 1.42 bits per heavy atom. The average molecular weight is 264 g/mol. The highest BCUT2D eigenvalue weighted by atomic mass is 16.5. The number of hydrogen-bond acceptors (Lipinski definition) is 4. The van der Waals surface area contributed by atoms with Gasteiger partial charge in [-0.3, -0.25) is 4.98 Å². The monoisotopic (exact) mass is 264 g/mol. The maximum absolute atomic E-state index is 5.72. The van der Waals surface area contributed by atoms with Crippen molar-refractivity contribution in [2.24, 2.45) is 0 Å². The van der Waals surface area contributed by atoms with Crippen LogP contribution in [0.1, 0.15) is 38.8 Å². The summed E-state index contributed by atoms with van der Waals surface area (Å²) in [7, 11) is 0. The summed E-state index contributed by atoms with van der Waals surface area (Å²) in [6, 6.07) is 3.99. The normalized spacial score (nSPS) is 22.6. The number of pyridine rings is 1. The van der Waals surface area contributed by atoms with E-state index in [1.165, 1.54) is 0 Å². The summed E-state index contributed by atoms with van der Waals surface area (Å²) < 4.78 is 11.4. The van der Waals surface area contributed by atoms with Crippen molar-refractivity contribution < 1.29 is 9.47 Å². The highest BCUT2D eigenvalue weighted by Gasteiger charge is 2.22. The fourth-order valence-electron chi connectivity index (χ4n) is 2.19. The van der Waals surface area contributed by atoms with Crippen LogP contribution in [0.4, 0.5) is 0 Å². The molecule has 1 aliphatic heterocycles. The number of nitrogens with zero attached hydrogens (tertiary/aromatic N) is 1. The molecule has 106 valence electrons. The zero-order valence-corrected chi connectivity index (χ0v) is 11.9. The van der Waals surface area contributed by atoms with E-state index in [2.05, 4.69) is 24.1 Å². The van der Waals surface area contributed by atoms with Gasteiger partial charge in [0, 0.05) is 6.54 Å². The van der Waals surface area contributed by atoms with Gasteiger partial charge in [-0.25, -0.2) is 0 Å². The Hall–Kier alpha value is -1.13. The second-order valence-electron chi connectivity index (χ2n) is 5.12. The minimum absolute atomic E-state index is 0.237. The number of nitrogens with one attached hydrogen (secondary N) is 1. The van der Waals surface area contributed by atoms with Crippen molar-refractivity contribution in [2.45, 2.75) is 51.9 Å². The van der Waals surface area contributed by atoms with Gasteiger partial charge in [0.05, 0.1) is 24.1 Å². The van der Waals surface area contributed by atoms with Crippen LogP contribution in [0.5, 0.6) is 5.75 Å². The average Bonchev–Trinajstić information content (AvgIpc) is 2.84. The summed E-state index contributed by atoms with van der Waals surface area (Å²) in [6.07, 6.45) is 5.77. The minimum Gasteiger partial charge on any atom is -0.489 e. The third-order valence-electron chi connectivity index (χ3n) is 3.29. The molecule has 4 nitrogen and oxygen atoms in total. The zero-order valence-electron chi connectivity index (χ0n) is 11.9. The van der Waals surface area contributed by atoms with Crippen molar-refractivity contribution in [1.82, 2.24) is 10.3 Å². The molecule has 0 radical (unpaired) electrons. The van der Waals surface area contributed by atoms with Crippen molar-refractivity contribution in [3.05, 3.63) is 24.0 Å². The molecule has 0 spiro atoms. The zero-order chi connectivity index (χ0) is 13.5. The lowest BCUT2D eigenvalue weighted by Gasteiger charge is -2.12. The van der Waals surface area contributed by atoms with E-state index in [9.17, 15) is 0 Å². The van der Waals surface area contributed by atoms with Gasteiger partial charge in [0.1, 0.15) is 12.4 Å². The van der Waals surface area contributed by atoms with Gasteiger partial charge in [0.15, 0.2) is 0 Å². The molecule has 0 bridgehead atoms. The summed E-state index contributed by atoms with van der Waals surface area (Å²) in [5.74, 6) is 0.822. The van der Waals surface area contributed by atoms with Crippen LogP contribution >= 0.6 is 0 Å². The fourth-order valence-corrected chi connectivity index (χ4v) is 2.19. The van der Waals surface area contributed by atoms with Gasteiger partial charge >= 0.3 is 0 Å². The van der Waals surface area contributed by atoms with Gasteiger partial charge in [-0.05, 0) is 44.9 Å². The van der Waals surface area contributed by atoms with Gasteiger partial charge in [-0.2, -0.15) is 0 Å². The standard InChI is InChI=1S/C15H24N2O2/c1-3-8-16-9-13-5-7-14(10-17-13)18-11-15-6-4-12(2)19-15/h5,7,10,12,15-16H,3-4,6,8-9,11H2,1-2H3. The Bertz CT molecular complexity index is 367. The molecule has 1 saturated heterocycles. The van der Waals surface area contributed by atoms with Crippen molar-refractivity contribution >= 4 is 0 Å². The topological polar surface area (TPSA) is 43.4 Å². The van der Waals surface area contributed by atoms with E-state index >= 15 is 0 Å². The van der Waals surface area contributed by atoms with E-state index < -0.39 is 0 Å². The van der Waals surface area contributed by atoms with Crippen LogP contribution in [0.15, 0.2) is 18.3 Å². The van der Waals surface area contributed by atoms with Crippen LogP contribution in [0.25, 0.3) is 0 Å². The smallest absolute Gasteiger partial charge is 0.137 e. The van der Waals surface area contributed by atoms with Crippen molar-refractivity contribution in [2.75, 3.05) is 13.2 Å². The Labute approximate surface area is 115 Å². The molecule has 1 N–H and O–H groups in total. The molecule has 1 fully saturated rings. The molecule has 0 amide bonds. The van der Waals surface area contributed by atoms with Gasteiger partial charge in [-0.15, -0.1) is 0 Å². The molecule has 0 aliphatic carbocycles. The first-order valence-corrected chi connectivity index (χ1v) is 7.22. The molecular formula is C15H24N2O2. The van der Waals surface area contributed by atoms with Crippen molar-refractivity contribution in [3.8, 4) is 5.75 Å². The van der Waals surface area contributed by atoms with Gasteiger partial charge in [-0.1, -0.05) is 6.92 Å². The summed E-state index contributed by atoms with van der Waals surface area (Å²) >= 11 is 0. The predicted octanol–water partition coefficient (Wildman–Crippen LogP) is 2.53. The van der Waals surface area contributed by atoms with Crippen LogP contribution in [-0.2, 0) is 11.3 Å².